The Morgan fingerprint density at radius 3 is 1.83 bits per heavy atom. The van der Waals surface area contributed by atoms with Crippen LogP contribution in [0, 0.1) is 0 Å². The summed E-state index contributed by atoms with van der Waals surface area (Å²) in [5.41, 5.74) is 0. The van der Waals surface area contributed by atoms with E-state index in [0.717, 1.165) is 8.05 Å². The molecule has 0 aliphatic carbocycles. The minimum absolute atomic E-state index is 0.945. The van der Waals surface area contributed by atoms with E-state index in [1.54, 1.807) is 0 Å². The van der Waals surface area contributed by atoms with Crippen LogP contribution in [0.4, 0.5) is 0 Å². The Morgan fingerprint density at radius 1 is 1.67 bits per heavy atom. The molecule has 0 amide bonds. The molecule has 0 aromatic rings. The lowest BCUT2D eigenvalue weighted by atomic mass is 10.6. The monoisotopic (exact) mass is 110 g/mol. The molecule has 2 N–H and O–H groups in total. The lowest BCUT2D eigenvalue weighted by molar-refractivity contribution is 0.292. The van der Waals surface area contributed by atoms with Gasteiger partial charge in [-0.15, -0.1) is 0 Å². The molecule has 0 bridgehead atoms. The third kappa shape index (κ3) is 4.17. The molecule has 0 aliphatic heterocycles. The van der Waals surface area contributed by atoms with Crippen LogP contribution in [0.3, 0.4) is 0 Å². The Hall–Kier alpha value is 0.175. The highest BCUT2D eigenvalue weighted by Crippen LogP contribution is 2.33. The van der Waals surface area contributed by atoms with Crippen molar-refractivity contribution in [3.63, 3.8) is 0 Å². The first-order chi connectivity index (χ1) is 2.56. The van der Waals surface area contributed by atoms with E-state index in [1.165, 1.54) is 0 Å². The fourth-order valence-corrected chi connectivity index (χ4v) is 0. The van der Waals surface area contributed by atoms with Crippen LogP contribution < -0.4 is 0 Å². The van der Waals surface area contributed by atoms with Crippen molar-refractivity contribution in [2.75, 3.05) is 0 Å². The van der Waals surface area contributed by atoms with Gasteiger partial charge in [-0.3, -0.25) is 0 Å². The lowest BCUT2D eigenvalue weighted by Crippen LogP contribution is -1.78. The van der Waals surface area contributed by atoms with Crippen molar-refractivity contribution in [3.05, 3.63) is 0 Å². The number of phosphoric acid groups is 1. The summed E-state index contributed by atoms with van der Waals surface area (Å²) in [6.07, 6.45) is 0. The van der Waals surface area contributed by atoms with Gasteiger partial charge in [-0.25, -0.2) is 4.57 Å². The molecule has 0 aromatic carbocycles. The van der Waals surface area contributed by atoms with Gasteiger partial charge in [0.15, 0.2) is 0 Å². The molecule has 6 heteroatoms. The summed E-state index contributed by atoms with van der Waals surface area (Å²) in [6.45, 7) is 0. The van der Waals surface area contributed by atoms with Crippen LogP contribution in [-0.2, 0) is 9.01 Å². The zero-order valence-electron chi connectivity index (χ0n) is 3.16. The Bertz CT molecular complexity index is 71.6. The van der Waals surface area contributed by atoms with E-state index >= 15 is 0 Å². The molecule has 0 heterocycles. The molecular weight excluding hydrogens is 106 g/mol. The maximum atomic E-state index is 9.47. The van der Waals surface area contributed by atoms with Crippen molar-refractivity contribution >= 4 is 15.9 Å². The summed E-state index contributed by atoms with van der Waals surface area (Å²) in [7, 11) is -3.20. The van der Waals surface area contributed by atoms with E-state index in [0.29, 0.717) is 0 Å². The van der Waals surface area contributed by atoms with Crippen LogP contribution >= 0.6 is 7.82 Å². The molecule has 0 radical (unpaired) electrons. The molecule has 0 rings (SSSR count). The number of rotatable bonds is 1. The third-order valence-electron chi connectivity index (χ3n) is 0.238. The Morgan fingerprint density at radius 2 is 1.83 bits per heavy atom. The maximum Gasteiger partial charge on any atom is 0.454 e. The van der Waals surface area contributed by atoms with Crippen LogP contribution in [0.25, 0.3) is 0 Å². The van der Waals surface area contributed by atoms with Crippen molar-refractivity contribution in [1.82, 2.24) is 0 Å². The minimum atomic E-state index is -4.15. The molecule has 0 atom stereocenters. The predicted molar refractivity (Wildman–Crippen MR) is 21.7 cm³/mol. The Kier molecular flexibility index (Phi) is 1.80. The molecule has 0 spiro atoms. The summed E-state index contributed by atoms with van der Waals surface area (Å²) < 4.78 is 13.1. The molecular formula is H4BO4P. The lowest BCUT2D eigenvalue weighted by Gasteiger charge is -1.94. The minimum Gasteiger partial charge on any atom is -0.358 e. The molecule has 0 aromatic heterocycles. The van der Waals surface area contributed by atoms with Crippen LogP contribution in [0.2, 0.25) is 0 Å². The highest BCUT2D eigenvalue weighted by Gasteiger charge is 2.06. The molecule has 0 saturated heterocycles. The molecule has 36 valence electrons. The zero-order valence-corrected chi connectivity index (χ0v) is 4.05. The van der Waals surface area contributed by atoms with Gasteiger partial charge in [-0.1, -0.05) is 0 Å². The van der Waals surface area contributed by atoms with Crippen molar-refractivity contribution in [3.8, 4) is 0 Å². The standard InChI is InChI=1S/BH4O4P/c1-5-6(2,3)4/h1H2,(H2,2,3,4). The first-order valence-corrected chi connectivity index (χ1v) is 2.70. The Balaban J connectivity index is 3.48. The molecule has 4 nitrogen and oxygen atoms in total. The van der Waals surface area contributed by atoms with E-state index in [1.807, 2.05) is 0 Å². The first-order valence-electron chi connectivity index (χ1n) is 1.17. The first kappa shape index (κ1) is 6.17. The van der Waals surface area contributed by atoms with Gasteiger partial charge in [-0.2, -0.15) is 0 Å². The van der Waals surface area contributed by atoms with Crippen LogP contribution in [0.15, 0.2) is 0 Å². The summed E-state index contributed by atoms with van der Waals surface area (Å²) in [6, 6.07) is 0. The maximum absolute atomic E-state index is 9.47. The topological polar surface area (TPSA) is 66.8 Å². The quantitative estimate of drug-likeness (QED) is 0.323. The van der Waals surface area contributed by atoms with E-state index in [-0.39, 0.29) is 0 Å². The van der Waals surface area contributed by atoms with Gasteiger partial charge in [0.2, 0.25) is 0 Å². The fraction of sp³-hybridized carbons (Fsp3) is 0. The van der Waals surface area contributed by atoms with Crippen LogP contribution in [0.1, 0.15) is 0 Å². The summed E-state index contributed by atoms with van der Waals surface area (Å²) in [5, 5.41) is 0. The summed E-state index contributed by atoms with van der Waals surface area (Å²) in [5.74, 6) is 0. The van der Waals surface area contributed by atoms with E-state index in [4.69, 9.17) is 9.79 Å². The molecule has 0 fully saturated rings. The second kappa shape index (κ2) is 1.75. The predicted octanol–water partition coefficient (Wildman–Crippen LogP) is -1.36. The van der Waals surface area contributed by atoms with Gasteiger partial charge in [0.1, 0.15) is 0 Å². The molecule has 0 aliphatic rings. The zero-order chi connectivity index (χ0) is 5.21. The van der Waals surface area contributed by atoms with Crippen molar-refractivity contribution in [2.45, 2.75) is 0 Å². The average Bonchev–Trinajstić information content (AvgIpc) is 1.35. The van der Waals surface area contributed by atoms with Crippen LogP contribution in [0.5, 0.6) is 0 Å². The van der Waals surface area contributed by atoms with Gasteiger partial charge in [-0.05, 0) is 0 Å². The summed E-state index contributed by atoms with van der Waals surface area (Å²) >= 11 is 0. The second-order valence-electron chi connectivity index (χ2n) is 0.673. The number of hydrogen-bond donors (Lipinski definition) is 2. The fourth-order valence-electron chi connectivity index (χ4n) is 0. The largest absolute Gasteiger partial charge is 0.454 e. The molecule has 6 heavy (non-hydrogen) atoms. The highest BCUT2D eigenvalue weighted by atomic mass is 31.2. The van der Waals surface area contributed by atoms with E-state index < -0.39 is 7.82 Å². The SMILES string of the molecule is BOP(=O)(O)O. The average molecular weight is 110 g/mol. The van der Waals surface area contributed by atoms with Gasteiger partial charge in [0.25, 0.3) is 8.05 Å². The number of hydrogen-bond acceptors (Lipinski definition) is 2. The van der Waals surface area contributed by atoms with E-state index in [2.05, 4.69) is 4.44 Å². The van der Waals surface area contributed by atoms with Crippen molar-refractivity contribution in [1.29, 1.82) is 0 Å². The van der Waals surface area contributed by atoms with Crippen molar-refractivity contribution < 1.29 is 18.8 Å². The molecule has 0 unspecified atom stereocenters. The summed E-state index contributed by atoms with van der Waals surface area (Å²) in [4.78, 5) is 15.4. The molecule has 0 saturated carbocycles. The van der Waals surface area contributed by atoms with E-state index in [9.17, 15) is 4.57 Å². The smallest absolute Gasteiger partial charge is 0.358 e. The van der Waals surface area contributed by atoms with Crippen LogP contribution in [-0.4, -0.2) is 17.8 Å². The van der Waals surface area contributed by atoms with Gasteiger partial charge >= 0.3 is 7.82 Å². The van der Waals surface area contributed by atoms with Gasteiger partial charge in [0, 0.05) is 0 Å². The third-order valence-corrected chi connectivity index (χ3v) is 0.714. The van der Waals surface area contributed by atoms with Gasteiger partial charge < -0.3 is 14.2 Å². The normalized spacial score (nSPS) is 11.7. The van der Waals surface area contributed by atoms with Gasteiger partial charge in [0.05, 0.1) is 0 Å². The second-order valence-corrected chi connectivity index (χ2v) is 2.02. The Labute approximate surface area is 35.8 Å². The van der Waals surface area contributed by atoms with Crippen molar-refractivity contribution in [2.24, 2.45) is 0 Å². The highest BCUT2D eigenvalue weighted by molar-refractivity contribution is 7.47.